The number of ether oxygens (including phenoxy) is 1. The Labute approximate surface area is 94.6 Å². The van der Waals surface area contributed by atoms with Crippen LogP contribution in [0.4, 0.5) is 0 Å². The smallest absolute Gasteiger partial charge is 0.0781 e. The molecule has 0 radical (unpaired) electrons. The van der Waals surface area contributed by atoms with Crippen molar-refractivity contribution in [3.05, 3.63) is 17.0 Å². The third-order valence-corrected chi connectivity index (χ3v) is 3.33. The Bertz CT molecular complexity index is 255. The highest BCUT2D eigenvalue weighted by Gasteiger charge is 2.10. The first-order valence-corrected chi connectivity index (χ1v) is 9.28. The Kier molecular flexibility index (Phi) is 4.80. The SMILES string of the molecule is CC(=C=C[Si](C)(C)C)CN1CCOCC1. The molecule has 15 heavy (non-hydrogen) atoms. The van der Waals surface area contributed by atoms with Crippen molar-refractivity contribution in [1.29, 1.82) is 0 Å². The van der Waals surface area contributed by atoms with E-state index in [0.717, 1.165) is 32.8 Å². The molecule has 0 unspecified atom stereocenters. The van der Waals surface area contributed by atoms with E-state index in [9.17, 15) is 0 Å². The van der Waals surface area contributed by atoms with E-state index in [1.165, 1.54) is 5.57 Å². The lowest BCUT2D eigenvalue weighted by Gasteiger charge is -2.26. The van der Waals surface area contributed by atoms with Crippen molar-refractivity contribution in [2.24, 2.45) is 0 Å². The minimum Gasteiger partial charge on any atom is -0.379 e. The third kappa shape index (κ3) is 5.95. The lowest BCUT2D eigenvalue weighted by atomic mass is 10.3. The summed E-state index contributed by atoms with van der Waals surface area (Å²) in [5.74, 6) is 0. The predicted octanol–water partition coefficient (Wildman–Crippen LogP) is 2.30. The molecule has 0 aliphatic carbocycles. The molecule has 1 fully saturated rings. The zero-order valence-electron chi connectivity index (χ0n) is 10.5. The van der Waals surface area contributed by atoms with E-state index in [-0.39, 0.29) is 0 Å². The summed E-state index contributed by atoms with van der Waals surface area (Å²) < 4.78 is 5.32. The van der Waals surface area contributed by atoms with E-state index in [4.69, 9.17) is 4.74 Å². The second-order valence-electron chi connectivity index (χ2n) is 5.32. The van der Waals surface area contributed by atoms with Gasteiger partial charge in [0.15, 0.2) is 0 Å². The van der Waals surface area contributed by atoms with Gasteiger partial charge in [0.2, 0.25) is 0 Å². The second kappa shape index (κ2) is 5.66. The summed E-state index contributed by atoms with van der Waals surface area (Å²) in [5.41, 5.74) is 7.08. The maximum absolute atomic E-state index is 5.32. The zero-order chi connectivity index (χ0) is 11.3. The predicted molar refractivity (Wildman–Crippen MR) is 67.9 cm³/mol. The van der Waals surface area contributed by atoms with Crippen LogP contribution in [0, 0.1) is 0 Å². The first-order valence-electron chi connectivity index (χ1n) is 5.71. The van der Waals surface area contributed by atoms with E-state index in [2.05, 4.69) is 42.9 Å². The van der Waals surface area contributed by atoms with Crippen molar-refractivity contribution < 1.29 is 4.74 Å². The van der Waals surface area contributed by atoms with Crippen LogP contribution >= 0.6 is 0 Å². The highest BCUT2D eigenvalue weighted by Crippen LogP contribution is 2.04. The lowest BCUT2D eigenvalue weighted by Crippen LogP contribution is -2.37. The van der Waals surface area contributed by atoms with E-state index >= 15 is 0 Å². The van der Waals surface area contributed by atoms with Crippen LogP contribution in [0.2, 0.25) is 19.6 Å². The van der Waals surface area contributed by atoms with Gasteiger partial charge >= 0.3 is 0 Å². The van der Waals surface area contributed by atoms with Crippen molar-refractivity contribution in [2.45, 2.75) is 26.6 Å². The minimum atomic E-state index is -1.09. The molecule has 0 N–H and O–H groups in total. The first-order chi connectivity index (χ1) is 6.97. The van der Waals surface area contributed by atoms with Crippen molar-refractivity contribution in [2.75, 3.05) is 32.8 Å². The van der Waals surface area contributed by atoms with Crippen LogP contribution in [0.5, 0.6) is 0 Å². The Hall–Kier alpha value is -0.343. The molecule has 1 aliphatic heterocycles. The Morgan fingerprint density at radius 3 is 2.47 bits per heavy atom. The van der Waals surface area contributed by atoms with Gasteiger partial charge in [-0.3, -0.25) is 4.90 Å². The van der Waals surface area contributed by atoms with Crippen molar-refractivity contribution in [3.8, 4) is 0 Å². The molecular weight excluding hydrogens is 202 g/mol. The first kappa shape index (κ1) is 12.7. The van der Waals surface area contributed by atoms with Gasteiger partial charge in [-0.2, -0.15) is 0 Å². The van der Waals surface area contributed by atoms with Crippen molar-refractivity contribution in [1.82, 2.24) is 4.90 Å². The van der Waals surface area contributed by atoms with Crippen LogP contribution in [-0.2, 0) is 4.74 Å². The van der Waals surface area contributed by atoms with Gasteiger partial charge in [-0.15, -0.1) is 5.73 Å². The van der Waals surface area contributed by atoms with Gasteiger partial charge in [0.25, 0.3) is 0 Å². The number of hydrogen-bond donors (Lipinski definition) is 0. The van der Waals surface area contributed by atoms with E-state index in [1.807, 2.05) is 0 Å². The molecule has 1 saturated heterocycles. The van der Waals surface area contributed by atoms with Crippen LogP contribution < -0.4 is 0 Å². The van der Waals surface area contributed by atoms with Gasteiger partial charge in [-0.05, 0) is 12.5 Å². The molecule has 86 valence electrons. The molecular formula is C12H23NOSi. The number of hydrogen-bond acceptors (Lipinski definition) is 2. The van der Waals surface area contributed by atoms with Gasteiger partial charge in [-0.25, -0.2) is 0 Å². The Morgan fingerprint density at radius 1 is 1.33 bits per heavy atom. The molecule has 0 aromatic heterocycles. The molecule has 0 bridgehead atoms. The molecule has 0 amide bonds. The van der Waals surface area contributed by atoms with Gasteiger partial charge in [0.1, 0.15) is 0 Å². The summed E-state index contributed by atoms with van der Waals surface area (Å²) >= 11 is 0. The van der Waals surface area contributed by atoms with Gasteiger partial charge in [-0.1, -0.05) is 25.3 Å². The molecule has 0 spiro atoms. The number of nitrogens with zero attached hydrogens (tertiary/aromatic N) is 1. The van der Waals surface area contributed by atoms with Crippen LogP contribution in [-0.4, -0.2) is 45.8 Å². The van der Waals surface area contributed by atoms with Gasteiger partial charge in [0, 0.05) is 19.6 Å². The summed E-state index contributed by atoms with van der Waals surface area (Å²) in [4.78, 5) is 2.43. The van der Waals surface area contributed by atoms with Crippen LogP contribution in [0.15, 0.2) is 17.0 Å². The highest BCUT2D eigenvalue weighted by atomic mass is 28.3. The molecule has 1 heterocycles. The second-order valence-corrected chi connectivity index (χ2v) is 10.3. The number of morpholine rings is 1. The fourth-order valence-electron chi connectivity index (χ4n) is 1.48. The summed E-state index contributed by atoms with van der Waals surface area (Å²) in [6.07, 6.45) is 0. The molecule has 1 aliphatic rings. The van der Waals surface area contributed by atoms with Crippen molar-refractivity contribution >= 4 is 8.07 Å². The number of rotatable bonds is 3. The van der Waals surface area contributed by atoms with Gasteiger partial charge in [0.05, 0.1) is 21.3 Å². The topological polar surface area (TPSA) is 12.5 Å². The van der Waals surface area contributed by atoms with Crippen LogP contribution in [0.1, 0.15) is 6.92 Å². The highest BCUT2D eigenvalue weighted by molar-refractivity contribution is 6.80. The molecule has 0 saturated carbocycles. The maximum atomic E-state index is 5.32. The van der Waals surface area contributed by atoms with Crippen LogP contribution in [0.25, 0.3) is 0 Å². The summed E-state index contributed by atoms with van der Waals surface area (Å²) in [6, 6.07) is 0. The maximum Gasteiger partial charge on any atom is 0.0781 e. The summed E-state index contributed by atoms with van der Waals surface area (Å²) in [6.45, 7) is 14.1. The van der Waals surface area contributed by atoms with Crippen molar-refractivity contribution in [3.63, 3.8) is 0 Å². The molecule has 0 atom stereocenters. The lowest BCUT2D eigenvalue weighted by molar-refractivity contribution is 0.0423. The summed E-state index contributed by atoms with van der Waals surface area (Å²) in [7, 11) is -1.09. The zero-order valence-corrected chi connectivity index (χ0v) is 11.5. The Balaban J connectivity index is 2.46. The third-order valence-electron chi connectivity index (χ3n) is 2.32. The van der Waals surface area contributed by atoms with E-state index < -0.39 is 8.07 Å². The van der Waals surface area contributed by atoms with E-state index in [1.54, 1.807) is 0 Å². The normalized spacial score (nSPS) is 18.4. The van der Waals surface area contributed by atoms with Gasteiger partial charge < -0.3 is 4.74 Å². The minimum absolute atomic E-state index is 0.880. The molecule has 2 nitrogen and oxygen atoms in total. The van der Waals surface area contributed by atoms with Crippen LogP contribution in [0.3, 0.4) is 0 Å². The monoisotopic (exact) mass is 225 g/mol. The average molecular weight is 225 g/mol. The average Bonchev–Trinajstić information content (AvgIpc) is 2.15. The quantitative estimate of drug-likeness (QED) is 0.540. The fraction of sp³-hybridized carbons (Fsp3) is 0.750. The fourth-order valence-corrected chi connectivity index (χ4v) is 2.16. The molecule has 3 heteroatoms. The Morgan fingerprint density at radius 2 is 1.93 bits per heavy atom. The standard InChI is InChI=1S/C12H23NOSi/c1-12(5-10-15(2,3)4)11-13-6-8-14-9-7-13/h10H,6-9,11H2,1-4H3. The van der Waals surface area contributed by atoms with E-state index in [0.29, 0.717) is 0 Å². The molecule has 0 aromatic carbocycles. The largest absolute Gasteiger partial charge is 0.379 e. The summed E-state index contributed by atoms with van der Waals surface area (Å²) in [5, 5.41) is 0. The molecule has 1 rings (SSSR count). The molecule has 0 aromatic rings.